The van der Waals surface area contributed by atoms with Crippen molar-refractivity contribution >= 4 is 23.2 Å². The zero-order valence-corrected chi connectivity index (χ0v) is 17.0. The van der Waals surface area contributed by atoms with Crippen LogP contribution in [0.4, 0.5) is 0 Å². The van der Waals surface area contributed by atoms with Crippen LogP contribution in [-0.2, 0) is 4.79 Å². The van der Waals surface area contributed by atoms with Gasteiger partial charge < -0.3 is 9.64 Å². The normalized spacial score (nSPS) is 18.6. The molecule has 5 heteroatoms. The minimum absolute atomic E-state index is 0.189. The highest BCUT2D eigenvalue weighted by Crippen LogP contribution is 2.30. The lowest BCUT2D eigenvalue weighted by Gasteiger charge is -2.35. The van der Waals surface area contributed by atoms with Gasteiger partial charge in [0.25, 0.3) is 0 Å². The van der Waals surface area contributed by atoms with Crippen molar-refractivity contribution in [3.63, 3.8) is 0 Å². The number of rotatable bonds is 5. The summed E-state index contributed by atoms with van der Waals surface area (Å²) in [7, 11) is 1.67. The summed E-state index contributed by atoms with van der Waals surface area (Å²) in [6.45, 7) is 3.26. The van der Waals surface area contributed by atoms with Gasteiger partial charge in [0.15, 0.2) is 0 Å². The Balaban J connectivity index is 1.51. The van der Waals surface area contributed by atoms with E-state index in [1.807, 2.05) is 47.0 Å². The molecular formula is C23H26N2O2S. The molecule has 0 aliphatic carbocycles. The first-order valence-corrected chi connectivity index (χ1v) is 10.9. The molecule has 146 valence electrons. The predicted molar refractivity (Wildman–Crippen MR) is 116 cm³/mol. The van der Waals surface area contributed by atoms with E-state index in [4.69, 9.17) is 4.74 Å². The molecule has 0 aromatic heterocycles. The summed E-state index contributed by atoms with van der Waals surface area (Å²) >= 11 is 1.97. The van der Waals surface area contributed by atoms with Gasteiger partial charge in [-0.25, -0.2) is 0 Å². The standard InChI is InChI=1S/C23H26N2O2S/c1-27-21-9-7-18(8-10-21)20-11-12-25(17-20)23(26)22(19-5-3-2-4-6-19)24-13-15-28-16-14-24/h2-11,22H,12-17H2,1H3/t22-/m0/s1. The van der Waals surface area contributed by atoms with Crippen molar-refractivity contribution in [2.75, 3.05) is 44.8 Å². The van der Waals surface area contributed by atoms with E-state index in [0.29, 0.717) is 13.1 Å². The minimum atomic E-state index is -0.189. The van der Waals surface area contributed by atoms with Gasteiger partial charge in [-0.15, -0.1) is 0 Å². The van der Waals surface area contributed by atoms with Gasteiger partial charge in [-0.05, 0) is 28.8 Å². The van der Waals surface area contributed by atoms with Gasteiger partial charge in [0.05, 0.1) is 7.11 Å². The Bertz CT molecular complexity index is 829. The zero-order chi connectivity index (χ0) is 19.3. The number of carbonyl (C=O) groups is 1. The number of methoxy groups -OCH3 is 1. The number of ether oxygens (including phenoxy) is 1. The first kappa shape index (κ1) is 19.1. The van der Waals surface area contributed by atoms with E-state index in [1.165, 1.54) is 5.57 Å². The van der Waals surface area contributed by atoms with Crippen LogP contribution in [-0.4, -0.2) is 60.5 Å². The molecule has 0 N–H and O–H groups in total. The second-order valence-electron chi connectivity index (χ2n) is 7.14. The number of nitrogens with zero attached hydrogens (tertiary/aromatic N) is 2. The van der Waals surface area contributed by atoms with Gasteiger partial charge in [0.2, 0.25) is 5.91 Å². The molecule has 0 spiro atoms. The molecule has 4 nitrogen and oxygen atoms in total. The van der Waals surface area contributed by atoms with Gasteiger partial charge in [-0.3, -0.25) is 9.69 Å². The Morgan fingerprint density at radius 2 is 1.75 bits per heavy atom. The number of hydrogen-bond donors (Lipinski definition) is 0. The van der Waals surface area contributed by atoms with E-state index in [1.54, 1.807) is 7.11 Å². The summed E-state index contributed by atoms with van der Waals surface area (Å²) in [6.07, 6.45) is 2.17. The molecule has 0 unspecified atom stereocenters. The van der Waals surface area contributed by atoms with Gasteiger partial charge in [0.1, 0.15) is 11.8 Å². The molecule has 2 heterocycles. The third kappa shape index (κ3) is 4.10. The third-order valence-corrected chi connectivity index (χ3v) is 6.39. The summed E-state index contributed by atoms with van der Waals surface area (Å²) in [5.41, 5.74) is 3.45. The third-order valence-electron chi connectivity index (χ3n) is 5.45. The summed E-state index contributed by atoms with van der Waals surface area (Å²) in [4.78, 5) is 17.9. The van der Waals surface area contributed by atoms with E-state index in [9.17, 15) is 4.79 Å². The predicted octanol–water partition coefficient (Wildman–Crippen LogP) is 3.71. The quantitative estimate of drug-likeness (QED) is 0.774. The maximum Gasteiger partial charge on any atom is 0.245 e. The van der Waals surface area contributed by atoms with Crippen molar-refractivity contribution in [2.45, 2.75) is 6.04 Å². The van der Waals surface area contributed by atoms with Crippen LogP contribution in [0.1, 0.15) is 17.2 Å². The molecule has 4 rings (SSSR count). The highest BCUT2D eigenvalue weighted by molar-refractivity contribution is 7.99. The average molecular weight is 395 g/mol. The molecule has 1 saturated heterocycles. The van der Waals surface area contributed by atoms with Crippen LogP contribution in [0.2, 0.25) is 0 Å². The van der Waals surface area contributed by atoms with E-state index in [2.05, 4.69) is 35.2 Å². The van der Waals surface area contributed by atoms with Gasteiger partial charge in [0, 0.05) is 37.7 Å². The van der Waals surface area contributed by atoms with Gasteiger partial charge >= 0.3 is 0 Å². The molecule has 2 aliphatic heterocycles. The lowest BCUT2D eigenvalue weighted by molar-refractivity contribution is -0.135. The number of hydrogen-bond acceptors (Lipinski definition) is 4. The Labute approximate surface area is 171 Å². The summed E-state index contributed by atoms with van der Waals surface area (Å²) in [5, 5.41) is 0. The maximum absolute atomic E-state index is 13.5. The zero-order valence-electron chi connectivity index (χ0n) is 16.2. The monoisotopic (exact) mass is 394 g/mol. The maximum atomic E-state index is 13.5. The largest absolute Gasteiger partial charge is 0.497 e. The summed E-state index contributed by atoms with van der Waals surface area (Å²) in [5.74, 6) is 3.23. The van der Waals surface area contributed by atoms with Crippen molar-refractivity contribution in [1.29, 1.82) is 0 Å². The van der Waals surface area contributed by atoms with Crippen molar-refractivity contribution in [1.82, 2.24) is 9.80 Å². The smallest absolute Gasteiger partial charge is 0.245 e. The van der Waals surface area contributed by atoms with Crippen LogP contribution in [0, 0.1) is 0 Å². The Hall–Kier alpha value is -2.24. The van der Waals surface area contributed by atoms with E-state index in [0.717, 1.165) is 41.5 Å². The van der Waals surface area contributed by atoms with Crippen LogP contribution in [0.5, 0.6) is 5.75 Å². The number of thioether (sulfide) groups is 1. The molecule has 0 saturated carbocycles. The highest BCUT2D eigenvalue weighted by atomic mass is 32.2. The lowest BCUT2D eigenvalue weighted by Crippen LogP contribution is -2.45. The van der Waals surface area contributed by atoms with Gasteiger partial charge in [-0.2, -0.15) is 11.8 Å². The summed E-state index contributed by atoms with van der Waals surface area (Å²) < 4.78 is 5.25. The second-order valence-corrected chi connectivity index (χ2v) is 8.36. The highest BCUT2D eigenvalue weighted by Gasteiger charge is 2.33. The molecule has 0 radical (unpaired) electrons. The summed E-state index contributed by atoms with van der Waals surface area (Å²) in [6, 6.07) is 18.1. The fourth-order valence-electron chi connectivity index (χ4n) is 3.89. The van der Waals surface area contributed by atoms with Crippen molar-refractivity contribution in [3.05, 3.63) is 71.8 Å². The SMILES string of the molecule is COc1ccc(C2=CCN(C(=O)[C@H](c3ccccc3)N3CCSCC3)C2)cc1. The fraction of sp³-hybridized carbons (Fsp3) is 0.348. The van der Waals surface area contributed by atoms with Crippen molar-refractivity contribution < 1.29 is 9.53 Å². The first-order chi connectivity index (χ1) is 13.8. The second kappa shape index (κ2) is 8.84. The molecule has 2 aromatic carbocycles. The number of carbonyl (C=O) groups excluding carboxylic acids is 1. The molecule has 2 aliphatic rings. The fourth-order valence-corrected chi connectivity index (χ4v) is 4.82. The van der Waals surface area contributed by atoms with E-state index >= 15 is 0 Å². The van der Waals surface area contributed by atoms with Crippen LogP contribution < -0.4 is 4.74 Å². The Kier molecular flexibility index (Phi) is 6.03. The Morgan fingerprint density at radius 1 is 1.04 bits per heavy atom. The van der Waals surface area contributed by atoms with Crippen LogP contribution >= 0.6 is 11.8 Å². The van der Waals surface area contributed by atoms with E-state index in [-0.39, 0.29) is 11.9 Å². The molecular weight excluding hydrogens is 368 g/mol. The van der Waals surface area contributed by atoms with E-state index < -0.39 is 0 Å². The molecule has 2 aromatic rings. The van der Waals surface area contributed by atoms with Crippen molar-refractivity contribution in [2.24, 2.45) is 0 Å². The number of benzene rings is 2. The van der Waals surface area contributed by atoms with Gasteiger partial charge in [-0.1, -0.05) is 48.5 Å². The topological polar surface area (TPSA) is 32.8 Å². The molecule has 0 bridgehead atoms. The molecule has 28 heavy (non-hydrogen) atoms. The van der Waals surface area contributed by atoms with Crippen LogP contribution in [0.25, 0.3) is 5.57 Å². The van der Waals surface area contributed by atoms with Crippen LogP contribution in [0.15, 0.2) is 60.7 Å². The molecule has 1 amide bonds. The number of amides is 1. The molecule has 1 fully saturated rings. The van der Waals surface area contributed by atoms with Crippen molar-refractivity contribution in [3.8, 4) is 5.75 Å². The lowest BCUT2D eigenvalue weighted by atomic mass is 10.0. The minimum Gasteiger partial charge on any atom is -0.497 e. The molecule has 1 atom stereocenters. The Morgan fingerprint density at radius 3 is 2.43 bits per heavy atom. The first-order valence-electron chi connectivity index (χ1n) is 9.75. The van der Waals surface area contributed by atoms with Crippen LogP contribution in [0.3, 0.4) is 0 Å². The average Bonchev–Trinajstić information content (AvgIpc) is 3.26.